The Morgan fingerprint density at radius 1 is 1.38 bits per heavy atom. The number of aryl methyl sites for hydroxylation is 1. The van der Waals surface area contributed by atoms with Crippen molar-refractivity contribution in [3.8, 4) is 0 Å². The first-order valence-electron chi connectivity index (χ1n) is 7.67. The number of likely N-dealkylation sites (tertiary alicyclic amines) is 1. The molecule has 0 spiro atoms. The number of hydrogen-bond donors (Lipinski definition) is 1. The lowest BCUT2D eigenvalue weighted by atomic mass is 9.97. The second-order valence-electron chi connectivity index (χ2n) is 6.11. The number of aromatic nitrogens is 2. The van der Waals surface area contributed by atoms with Crippen LogP contribution in [0.15, 0.2) is 0 Å². The second-order valence-corrected chi connectivity index (χ2v) is 6.11. The molecule has 1 aliphatic rings. The monoisotopic (exact) mass is 347 g/mol. The Balaban J connectivity index is 2.28. The number of halogens is 3. The Bertz CT molecular complexity index is 654. The van der Waals surface area contributed by atoms with E-state index in [1.54, 1.807) is 13.8 Å². The van der Waals surface area contributed by atoms with Crippen molar-refractivity contribution in [3.05, 3.63) is 17.0 Å². The molecule has 0 bridgehead atoms. The van der Waals surface area contributed by atoms with E-state index in [2.05, 4.69) is 5.10 Å². The summed E-state index contributed by atoms with van der Waals surface area (Å²) in [6.07, 6.45) is -3.42. The number of alkyl halides is 3. The number of carboxylic acid groups (broad SMARTS) is 1. The van der Waals surface area contributed by atoms with Gasteiger partial charge in [0.15, 0.2) is 0 Å². The summed E-state index contributed by atoms with van der Waals surface area (Å²) < 4.78 is 38.7. The van der Waals surface area contributed by atoms with Gasteiger partial charge >= 0.3 is 12.1 Å². The predicted octanol–water partition coefficient (Wildman–Crippen LogP) is 2.24. The molecule has 2 atom stereocenters. The number of carbonyl (C=O) groups excluding carboxylic acids is 1. The molecule has 1 fully saturated rings. The molecule has 1 N–H and O–H groups in total. The Kier molecular flexibility index (Phi) is 4.91. The first-order chi connectivity index (χ1) is 11.0. The highest BCUT2D eigenvalue weighted by Crippen LogP contribution is 2.30. The number of amides is 1. The molecule has 0 radical (unpaired) electrons. The highest BCUT2D eigenvalue weighted by molar-refractivity contribution is 5.88. The summed E-state index contributed by atoms with van der Waals surface area (Å²) in [4.78, 5) is 25.2. The van der Waals surface area contributed by atoms with Crippen LogP contribution in [0, 0.1) is 13.8 Å². The zero-order valence-corrected chi connectivity index (χ0v) is 13.7. The molecule has 0 aliphatic carbocycles. The van der Waals surface area contributed by atoms with Crippen LogP contribution in [0.2, 0.25) is 0 Å². The average molecular weight is 347 g/mol. The predicted molar refractivity (Wildman–Crippen MR) is 78.5 cm³/mol. The molecule has 2 heterocycles. The van der Waals surface area contributed by atoms with E-state index in [-0.39, 0.29) is 5.69 Å². The molecule has 0 aromatic carbocycles. The topological polar surface area (TPSA) is 75.4 Å². The fourth-order valence-corrected chi connectivity index (χ4v) is 3.32. The first-order valence-corrected chi connectivity index (χ1v) is 7.67. The summed E-state index contributed by atoms with van der Waals surface area (Å²) >= 11 is 0. The van der Waals surface area contributed by atoms with Gasteiger partial charge in [0.2, 0.25) is 5.91 Å². The number of hydrogen-bond acceptors (Lipinski definition) is 3. The lowest BCUT2D eigenvalue weighted by molar-refractivity contribution is -0.148. The Morgan fingerprint density at radius 2 is 2.00 bits per heavy atom. The number of carboxylic acids is 1. The summed E-state index contributed by atoms with van der Waals surface area (Å²) in [7, 11) is 0. The minimum Gasteiger partial charge on any atom is -0.480 e. The van der Waals surface area contributed by atoms with E-state index >= 15 is 0 Å². The molecule has 1 aliphatic heterocycles. The maximum absolute atomic E-state index is 12.7. The molecule has 1 amide bonds. The van der Waals surface area contributed by atoms with Crippen molar-refractivity contribution in [2.45, 2.75) is 58.3 Å². The third-order valence-corrected chi connectivity index (χ3v) is 4.39. The molecule has 2 rings (SSSR count). The first kappa shape index (κ1) is 18.3. The molecular weight excluding hydrogens is 327 g/mol. The van der Waals surface area contributed by atoms with Gasteiger partial charge in [0.25, 0.3) is 0 Å². The minimum absolute atomic E-state index is 0.275. The molecule has 0 saturated carbocycles. The van der Waals surface area contributed by atoms with E-state index in [9.17, 15) is 27.9 Å². The van der Waals surface area contributed by atoms with Crippen LogP contribution in [0.3, 0.4) is 0 Å². The molecule has 9 heteroatoms. The zero-order valence-electron chi connectivity index (χ0n) is 13.7. The van der Waals surface area contributed by atoms with Crippen molar-refractivity contribution in [1.29, 1.82) is 0 Å². The van der Waals surface area contributed by atoms with E-state index in [0.717, 1.165) is 4.68 Å². The van der Waals surface area contributed by atoms with Crippen molar-refractivity contribution < 1.29 is 27.9 Å². The number of nitrogens with zero attached hydrogens (tertiary/aromatic N) is 3. The maximum Gasteiger partial charge on any atom is 0.408 e. The number of rotatable bonds is 4. The molecule has 6 nitrogen and oxygen atoms in total. The van der Waals surface area contributed by atoms with Gasteiger partial charge < -0.3 is 10.0 Å². The van der Waals surface area contributed by atoms with Crippen LogP contribution in [0.1, 0.15) is 42.6 Å². The highest BCUT2D eigenvalue weighted by Gasteiger charge is 2.38. The third-order valence-electron chi connectivity index (χ3n) is 4.39. The molecule has 1 aromatic rings. The minimum atomic E-state index is -4.41. The lowest BCUT2D eigenvalue weighted by Crippen LogP contribution is -2.42. The van der Waals surface area contributed by atoms with E-state index in [4.69, 9.17) is 0 Å². The van der Waals surface area contributed by atoms with Gasteiger partial charge in [-0.25, -0.2) is 4.79 Å². The van der Waals surface area contributed by atoms with Gasteiger partial charge in [-0.2, -0.15) is 18.3 Å². The third kappa shape index (κ3) is 3.54. The van der Waals surface area contributed by atoms with Crippen molar-refractivity contribution in [2.75, 3.05) is 6.54 Å². The molecule has 134 valence electrons. The summed E-state index contributed by atoms with van der Waals surface area (Å²) in [5.41, 5.74) is 1.06. The van der Waals surface area contributed by atoms with E-state index in [1.807, 2.05) is 0 Å². The molecule has 1 aromatic heterocycles. The summed E-state index contributed by atoms with van der Waals surface area (Å²) in [6.45, 7) is 3.74. The van der Waals surface area contributed by atoms with Crippen LogP contribution >= 0.6 is 0 Å². The number of carbonyl (C=O) groups is 2. The van der Waals surface area contributed by atoms with E-state index < -0.39 is 36.6 Å². The average Bonchev–Trinajstić information content (AvgIpc) is 3.02. The van der Waals surface area contributed by atoms with Crippen molar-refractivity contribution >= 4 is 11.9 Å². The quantitative estimate of drug-likeness (QED) is 0.906. The van der Waals surface area contributed by atoms with Crippen LogP contribution < -0.4 is 0 Å². The van der Waals surface area contributed by atoms with Gasteiger partial charge in [-0.1, -0.05) is 0 Å². The van der Waals surface area contributed by atoms with Gasteiger partial charge in [0.1, 0.15) is 12.6 Å². The fourth-order valence-electron chi connectivity index (χ4n) is 3.32. The van der Waals surface area contributed by atoms with E-state index in [0.29, 0.717) is 30.6 Å². The van der Waals surface area contributed by atoms with Crippen molar-refractivity contribution in [1.82, 2.24) is 14.7 Å². The summed E-state index contributed by atoms with van der Waals surface area (Å²) in [5.74, 6) is -2.20. The molecule has 1 saturated heterocycles. The van der Waals surface area contributed by atoms with Gasteiger partial charge in [-0.3, -0.25) is 9.48 Å². The highest BCUT2D eigenvalue weighted by atomic mass is 19.4. The van der Waals surface area contributed by atoms with Crippen molar-refractivity contribution in [2.24, 2.45) is 0 Å². The Labute approximate surface area is 137 Å². The van der Waals surface area contributed by atoms with E-state index in [1.165, 1.54) is 11.8 Å². The van der Waals surface area contributed by atoms with Gasteiger partial charge in [0, 0.05) is 17.8 Å². The van der Waals surface area contributed by atoms with Crippen molar-refractivity contribution in [3.63, 3.8) is 0 Å². The molecular formula is C15H20F3N3O3. The fraction of sp³-hybridized carbons (Fsp3) is 0.667. The standard InChI is InChI=1S/C15H20F3N3O3/c1-8(13(22)20-6-4-5-11(20)14(23)24)12-9(2)19-21(10(12)3)7-15(16,17)18/h8,11H,4-7H2,1-3H3,(H,23,24)/t8?,11-/m1/s1. The molecule has 24 heavy (non-hydrogen) atoms. The Morgan fingerprint density at radius 3 is 2.54 bits per heavy atom. The molecule has 1 unspecified atom stereocenters. The SMILES string of the molecule is Cc1nn(CC(F)(F)F)c(C)c1C(C)C(=O)N1CCC[C@@H]1C(=O)O. The normalized spacial score (nSPS) is 19.6. The zero-order chi connectivity index (χ0) is 18.2. The van der Waals surface area contributed by atoms with Gasteiger partial charge in [-0.05, 0) is 33.6 Å². The maximum atomic E-state index is 12.7. The van der Waals surface area contributed by atoms with Gasteiger partial charge in [-0.15, -0.1) is 0 Å². The largest absolute Gasteiger partial charge is 0.480 e. The van der Waals surface area contributed by atoms with Crippen LogP contribution in [-0.4, -0.2) is 50.4 Å². The van der Waals surface area contributed by atoms with Crippen LogP contribution in [-0.2, 0) is 16.1 Å². The lowest BCUT2D eigenvalue weighted by Gasteiger charge is -2.25. The van der Waals surface area contributed by atoms with Crippen LogP contribution in [0.4, 0.5) is 13.2 Å². The summed E-state index contributed by atoms with van der Waals surface area (Å²) in [5, 5.41) is 13.1. The number of aliphatic carboxylic acids is 1. The van der Waals surface area contributed by atoms with Gasteiger partial charge in [0.05, 0.1) is 11.6 Å². The Hall–Kier alpha value is -2.06. The van der Waals surface area contributed by atoms with Crippen LogP contribution in [0.5, 0.6) is 0 Å². The summed E-state index contributed by atoms with van der Waals surface area (Å²) in [6, 6.07) is -0.870. The second kappa shape index (κ2) is 6.45. The van der Waals surface area contributed by atoms with Crippen LogP contribution in [0.25, 0.3) is 0 Å². The smallest absolute Gasteiger partial charge is 0.408 e.